The number of terminal acetylenes is 1. The Hall–Kier alpha value is -1.46. The van der Waals surface area contributed by atoms with E-state index in [0.717, 1.165) is 5.56 Å². The van der Waals surface area contributed by atoms with Crippen LogP contribution in [0.5, 0.6) is 0 Å². The van der Waals surface area contributed by atoms with E-state index in [1.54, 1.807) is 24.3 Å². The molecule has 0 amide bonds. The van der Waals surface area contributed by atoms with Crippen molar-refractivity contribution < 1.29 is 9.53 Å². The highest BCUT2D eigenvalue weighted by Gasteiger charge is 1.97. The number of benzene rings is 1. The molecule has 2 nitrogen and oxygen atoms in total. The second-order valence-corrected chi connectivity index (χ2v) is 2.78. The van der Waals surface area contributed by atoms with Crippen LogP contribution < -0.4 is 0 Å². The molecule has 1 aromatic carbocycles. The minimum atomic E-state index is -0.657. The zero-order valence-electron chi connectivity index (χ0n) is 6.79. The fourth-order valence-electron chi connectivity index (χ4n) is 0.771. The maximum Gasteiger partial charge on any atom is 0.384 e. The van der Waals surface area contributed by atoms with Gasteiger partial charge in [-0.05, 0) is 17.7 Å². The predicted octanol–water partition coefficient (Wildman–Crippen LogP) is 2.02. The summed E-state index contributed by atoms with van der Waals surface area (Å²) in [5.41, 5.74) is 0.855. The van der Waals surface area contributed by atoms with E-state index in [4.69, 9.17) is 22.8 Å². The van der Waals surface area contributed by atoms with Crippen molar-refractivity contribution in [3.05, 3.63) is 34.9 Å². The summed E-state index contributed by atoms with van der Waals surface area (Å²) in [6, 6.07) is 6.99. The van der Waals surface area contributed by atoms with Gasteiger partial charge in [0.25, 0.3) is 0 Å². The molecule has 0 unspecified atom stereocenters. The van der Waals surface area contributed by atoms with Gasteiger partial charge in [0.15, 0.2) is 0 Å². The first-order valence-corrected chi connectivity index (χ1v) is 3.98. The third-order valence-corrected chi connectivity index (χ3v) is 1.65. The fraction of sp³-hybridized carbons (Fsp3) is 0.100. The maximum absolute atomic E-state index is 10.6. The molecule has 0 atom stereocenters. The van der Waals surface area contributed by atoms with Gasteiger partial charge in [0.1, 0.15) is 6.61 Å². The first kappa shape index (κ1) is 9.63. The van der Waals surface area contributed by atoms with Crippen LogP contribution in [0.2, 0.25) is 5.02 Å². The first-order chi connectivity index (χ1) is 6.22. The Morgan fingerprint density at radius 2 is 2.08 bits per heavy atom. The molecular weight excluding hydrogens is 188 g/mol. The van der Waals surface area contributed by atoms with E-state index in [2.05, 4.69) is 0 Å². The molecule has 0 N–H and O–H groups in total. The molecule has 66 valence electrons. The molecule has 0 spiro atoms. The monoisotopic (exact) mass is 194 g/mol. The maximum atomic E-state index is 10.6. The third kappa shape index (κ3) is 3.18. The van der Waals surface area contributed by atoms with Gasteiger partial charge in [-0.15, -0.1) is 6.42 Å². The normalized spacial score (nSPS) is 8.92. The largest absolute Gasteiger partial charge is 0.451 e. The summed E-state index contributed by atoms with van der Waals surface area (Å²) >= 11 is 5.66. The van der Waals surface area contributed by atoms with Crippen LogP contribution in [0.1, 0.15) is 5.56 Å². The molecule has 0 aliphatic carbocycles. The van der Waals surface area contributed by atoms with Gasteiger partial charge in [0.05, 0.1) is 0 Å². The van der Waals surface area contributed by atoms with E-state index in [1.807, 2.05) is 5.92 Å². The lowest BCUT2D eigenvalue weighted by Crippen LogP contribution is -2.00. The van der Waals surface area contributed by atoms with Gasteiger partial charge < -0.3 is 4.74 Å². The van der Waals surface area contributed by atoms with E-state index in [0.29, 0.717) is 5.02 Å². The summed E-state index contributed by atoms with van der Waals surface area (Å²) in [5.74, 6) is 1.20. The Morgan fingerprint density at radius 1 is 1.46 bits per heavy atom. The number of halogens is 1. The van der Waals surface area contributed by atoms with Gasteiger partial charge in [-0.25, -0.2) is 4.79 Å². The minimum absolute atomic E-state index is 0.181. The molecule has 0 fully saturated rings. The summed E-state index contributed by atoms with van der Waals surface area (Å²) in [5, 5.41) is 0.645. The van der Waals surface area contributed by atoms with Crippen molar-refractivity contribution in [3.8, 4) is 12.3 Å². The van der Waals surface area contributed by atoms with E-state index < -0.39 is 5.97 Å². The van der Waals surface area contributed by atoms with Gasteiger partial charge in [-0.1, -0.05) is 23.7 Å². The standard InChI is InChI=1S/C10H7ClO2/c1-2-10(12)13-7-8-3-5-9(11)6-4-8/h1,3-6H,7H2. The van der Waals surface area contributed by atoms with E-state index in [-0.39, 0.29) is 6.61 Å². The van der Waals surface area contributed by atoms with Crippen LogP contribution in [-0.4, -0.2) is 5.97 Å². The average Bonchev–Trinajstić information content (AvgIpc) is 2.16. The molecule has 0 saturated heterocycles. The van der Waals surface area contributed by atoms with Gasteiger partial charge in [-0.2, -0.15) is 0 Å². The van der Waals surface area contributed by atoms with Gasteiger partial charge in [0.2, 0.25) is 0 Å². The summed E-state index contributed by atoms with van der Waals surface area (Å²) in [6.07, 6.45) is 4.81. The highest BCUT2D eigenvalue weighted by Crippen LogP contribution is 2.09. The van der Waals surface area contributed by atoms with Crippen molar-refractivity contribution in [2.45, 2.75) is 6.61 Å². The van der Waals surface area contributed by atoms with Gasteiger partial charge in [0, 0.05) is 10.9 Å². The van der Waals surface area contributed by atoms with Crippen molar-refractivity contribution in [1.29, 1.82) is 0 Å². The van der Waals surface area contributed by atoms with E-state index >= 15 is 0 Å². The lowest BCUT2D eigenvalue weighted by molar-refractivity contribution is -0.137. The van der Waals surface area contributed by atoms with Crippen LogP contribution >= 0.6 is 11.6 Å². The molecular formula is C10H7ClO2. The Labute approximate surface area is 81.5 Å². The third-order valence-electron chi connectivity index (χ3n) is 1.40. The topological polar surface area (TPSA) is 26.3 Å². The summed E-state index contributed by atoms with van der Waals surface area (Å²) in [7, 11) is 0. The average molecular weight is 195 g/mol. The predicted molar refractivity (Wildman–Crippen MR) is 50.1 cm³/mol. The Bertz CT molecular complexity index is 335. The van der Waals surface area contributed by atoms with Crippen LogP contribution in [0.25, 0.3) is 0 Å². The molecule has 0 heterocycles. The Balaban J connectivity index is 2.52. The number of carbonyl (C=O) groups is 1. The first-order valence-electron chi connectivity index (χ1n) is 3.60. The second kappa shape index (κ2) is 4.54. The fourth-order valence-corrected chi connectivity index (χ4v) is 0.897. The molecule has 0 aliphatic rings. The zero-order valence-corrected chi connectivity index (χ0v) is 7.54. The smallest absolute Gasteiger partial charge is 0.384 e. The number of carbonyl (C=O) groups excluding carboxylic acids is 1. The Morgan fingerprint density at radius 3 is 2.62 bits per heavy atom. The highest BCUT2D eigenvalue weighted by molar-refractivity contribution is 6.30. The summed E-state index contributed by atoms with van der Waals surface area (Å²) < 4.78 is 4.70. The van der Waals surface area contributed by atoms with Crippen molar-refractivity contribution in [3.63, 3.8) is 0 Å². The van der Waals surface area contributed by atoms with Crippen molar-refractivity contribution in [1.82, 2.24) is 0 Å². The lowest BCUT2D eigenvalue weighted by Gasteiger charge is -2.00. The molecule has 0 radical (unpaired) electrons. The summed E-state index contributed by atoms with van der Waals surface area (Å²) in [6.45, 7) is 0.181. The van der Waals surface area contributed by atoms with Crippen LogP contribution in [0.3, 0.4) is 0 Å². The SMILES string of the molecule is C#CC(=O)OCc1ccc(Cl)cc1. The van der Waals surface area contributed by atoms with Crippen LogP contribution in [0, 0.1) is 12.3 Å². The Kier molecular flexibility index (Phi) is 3.36. The molecule has 3 heteroatoms. The molecule has 0 saturated carbocycles. The van der Waals surface area contributed by atoms with Crippen molar-refractivity contribution >= 4 is 17.6 Å². The number of rotatable bonds is 2. The zero-order chi connectivity index (χ0) is 9.68. The highest BCUT2D eigenvalue weighted by atomic mass is 35.5. The van der Waals surface area contributed by atoms with E-state index in [1.165, 1.54) is 0 Å². The number of hydrogen-bond donors (Lipinski definition) is 0. The number of ether oxygens (including phenoxy) is 1. The quantitative estimate of drug-likeness (QED) is 0.409. The van der Waals surface area contributed by atoms with Crippen molar-refractivity contribution in [2.75, 3.05) is 0 Å². The van der Waals surface area contributed by atoms with Gasteiger partial charge >= 0.3 is 5.97 Å². The number of esters is 1. The molecule has 0 aromatic heterocycles. The molecule has 0 bridgehead atoms. The van der Waals surface area contributed by atoms with Crippen LogP contribution in [0.15, 0.2) is 24.3 Å². The second-order valence-electron chi connectivity index (χ2n) is 2.35. The molecule has 13 heavy (non-hydrogen) atoms. The lowest BCUT2D eigenvalue weighted by atomic mass is 10.2. The summed E-state index contributed by atoms with van der Waals surface area (Å²) in [4.78, 5) is 10.6. The molecule has 1 rings (SSSR count). The van der Waals surface area contributed by atoms with E-state index in [9.17, 15) is 4.79 Å². The van der Waals surface area contributed by atoms with Crippen LogP contribution in [0.4, 0.5) is 0 Å². The number of hydrogen-bond acceptors (Lipinski definition) is 2. The van der Waals surface area contributed by atoms with Gasteiger partial charge in [-0.3, -0.25) is 0 Å². The van der Waals surface area contributed by atoms with Crippen LogP contribution in [-0.2, 0) is 16.1 Å². The molecule has 0 aliphatic heterocycles. The minimum Gasteiger partial charge on any atom is -0.451 e. The molecule has 1 aromatic rings. The van der Waals surface area contributed by atoms with Crippen molar-refractivity contribution in [2.24, 2.45) is 0 Å².